The zero-order valence-electron chi connectivity index (χ0n) is 16.0. The highest BCUT2D eigenvalue weighted by Gasteiger charge is 2.15. The smallest absolute Gasteiger partial charge is 0.329 e. The zero-order chi connectivity index (χ0) is 19.3. The summed E-state index contributed by atoms with van der Waals surface area (Å²) in [5.74, 6) is -0.490. The molecule has 0 saturated carbocycles. The molecule has 7 nitrogen and oxygen atoms in total. The van der Waals surface area contributed by atoms with Crippen LogP contribution in [0.5, 0.6) is 0 Å². The minimum atomic E-state index is -0.337. The molecule has 0 aliphatic heterocycles. The van der Waals surface area contributed by atoms with E-state index >= 15 is 0 Å². The highest BCUT2D eigenvalue weighted by molar-refractivity contribution is 5.85. The number of para-hydroxylation sites is 2. The molecule has 26 heavy (non-hydrogen) atoms. The third-order valence-electron chi connectivity index (χ3n) is 3.90. The maximum absolute atomic E-state index is 12.6. The number of imidazole rings is 1. The van der Waals surface area contributed by atoms with Crippen LogP contribution in [-0.2, 0) is 22.7 Å². The fraction of sp³-hybridized carbons (Fsp3) is 0.526. The van der Waals surface area contributed by atoms with Crippen LogP contribution in [0, 0.1) is 0 Å². The van der Waals surface area contributed by atoms with Gasteiger partial charge in [0.1, 0.15) is 0 Å². The van der Waals surface area contributed by atoms with Crippen molar-refractivity contribution in [3.05, 3.63) is 34.7 Å². The first kappa shape index (κ1) is 19.8. The van der Waals surface area contributed by atoms with Crippen molar-refractivity contribution in [1.82, 2.24) is 19.8 Å². The molecule has 0 atom stereocenters. The summed E-state index contributed by atoms with van der Waals surface area (Å²) in [7, 11) is 0. The van der Waals surface area contributed by atoms with Gasteiger partial charge in [0.25, 0.3) is 0 Å². The van der Waals surface area contributed by atoms with Crippen molar-refractivity contribution in [1.29, 1.82) is 0 Å². The summed E-state index contributed by atoms with van der Waals surface area (Å²) >= 11 is 0. The Balaban J connectivity index is 2.01. The lowest BCUT2D eigenvalue weighted by Crippen LogP contribution is -2.46. The van der Waals surface area contributed by atoms with Gasteiger partial charge in [-0.1, -0.05) is 19.1 Å². The minimum absolute atomic E-state index is 0.0669. The highest BCUT2D eigenvalue weighted by Crippen LogP contribution is 2.13. The molecule has 2 N–H and O–H groups in total. The summed E-state index contributed by atoms with van der Waals surface area (Å²) in [6.45, 7) is 8.52. The van der Waals surface area contributed by atoms with Gasteiger partial charge in [-0.2, -0.15) is 0 Å². The van der Waals surface area contributed by atoms with E-state index < -0.39 is 0 Å². The van der Waals surface area contributed by atoms with Crippen molar-refractivity contribution in [3.63, 3.8) is 0 Å². The number of amides is 2. The number of fused-ring (bicyclic) bond motifs is 1. The largest absolute Gasteiger partial charge is 0.350 e. The Morgan fingerprint density at radius 2 is 1.58 bits per heavy atom. The summed E-state index contributed by atoms with van der Waals surface area (Å²) in [5.41, 5.74) is 1.26. The SMILES string of the molecule is CCCn1c(=O)n(CCC(=O)NCC(=O)NC(C)(C)C)c2ccccc21. The predicted molar refractivity (Wildman–Crippen MR) is 102 cm³/mol. The second kappa shape index (κ2) is 8.21. The van der Waals surface area contributed by atoms with Crippen LogP contribution < -0.4 is 16.3 Å². The first-order valence-corrected chi connectivity index (χ1v) is 8.98. The van der Waals surface area contributed by atoms with Crippen LogP contribution in [-0.4, -0.2) is 33.0 Å². The molecule has 2 rings (SSSR count). The molecule has 1 heterocycles. The van der Waals surface area contributed by atoms with Gasteiger partial charge in [0.05, 0.1) is 17.6 Å². The number of rotatable bonds is 7. The molecule has 7 heteroatoms. The Bertz CT molecular complexity index is 843. The van der Waals surface area contributed by atoms with E-state index in [4.69, 9.17) is 0 Å². The van der Waals surface area contributed by atoms with E-state index in [1.54, 1.807) is 9.13 Å². The number of carbonyl (C=O) groups is 2. The van der Waals surface area contributed by atoms with E-state index in [1.807, 2.05) is 52.0 Å². The van der Waals surface area contributed by atoms with Gasteiger partial charge in [0, 0.05) is 25.0 Å². The summed E-state index contributed by atoms with van der Waals surface area (Å²) in [6, 6.07) is 7.58. The van der Waals surface area contributed by atoms with Gasteiger partial charge in [0.2, 0.25) is 11.8 Å². The van der Waals surface area contributed by atoms with E-state index in [9.17, 15) is 14.4 Å². The van der Waals surface area contributed by atoms with Crippen LogP contribution in [0.15, 0.2) is 29.1 Å². The van der Waals surface area contributed by atoms with Crippen LogP contribution in [0.2, 0.25) is 0 Å². The molecule has 1 aromatic carbocycles. The lowest BCUT2D eigenvalue weighted by molar-refractivity contribution is -0.127. The molecular weight excluding hydrogens is 332 g/mol. The Hall–Kier alpha value is -2.57. The molecule has 0 saturated heterocycles. The normalized spacial score (nSPS) is 11.5. The molecule has 0 radical (unpaired) electrons. The predicted octanol–water partition coefficient (Wildman–Crippen LogP) is 1.63. The Labute approximate surface area is 153 Å². The topological polar surface area (TPSA) is 85.1 Å². The number of hydrogen-bond acceptors (Lipinski definition) is 3. The molecular formula is C19H28N4O3. The molecule has 1 aromatic heterocycles. The van der Waals surface area contributed by atoms with Gasteiger partial charge >= 0.3 is 5.69 Å². The van der Waals surface area contributed by atoms with Crippen molar-refractivity contribution < 1.29 is 9.59 Å². The molecule has 2 amide bonds. The standard InChI is InChI=1S/C19H28N4O3/c1-5-11-22-14-8-6-7-9-15(14)23(18(22)26)12-10-16(24)20-13-17(25)21-19(2,3)4/h6-9H,5,10-13H2,1-4H3,(H,20,24)(H,21,25). The van der Waals surface area contributed by atoms with Gasteiger partial charge in [-0.05, 0) is 39.3 Å². The lowest BCUT2D eigenvalue weighted by atomic mass is 10.1. The molecule has 0 aliphatic carbocycles. The average Bonchev–Trinajstić information content (AvgIpc) is 2.82. The number of aromatic nitrogens is 2. The van der Waals surface area contributed by atoms with E-state index in [0.717, 1.165) is 17.5 Å². The van der Waals surface area contributed by atoms with Crippen molar-refractivity contribution in [2.75, 3.05) is 6.54 Å². The zero-order valence-corrected chi connectivity index (χ0v) is 16.0. The molecule has 142 valence electrons. The van der Waals surface area contributed by atoms with E-state index in [0.29, 0.717) is 6.54 Å². The maximum atomic E-state index is 12.6. The summed E-state index contributed by atoms with van der Waals surface area (Å²) in [5, 5.41) is 5.39. The molecule has 2 aromatic rings. The lowest BCUT2D eigenvalue weighted by Gasteiger charge is -2.20. The molecule has 0 fully saturated rings. The Morgan fingerprint density at radius 3 is 2.12 bits per heavy atom. The van der Waals surface area contributed by atoms with Crippen LogP contribution in [0.25, 0.3) is 11.0 Å². The third kappa shape index (κ3) is 4.97. The maximum Gasteiger partial charge on any atom is 0.329 e. The van der Waals surface area contributed by atoms with Crippen molar-refractivity contribution in [2.45, 2.75) is 59.2 Å². The number of nitrogens with one attached hydrogen (secondary N) is 2. The van der Waals surface area contributed by atoms with Gasteiger partial charge in [0.15, 0.2) is 0 Å². The second-order valence-corrected chi connectivity index (χ2v) is 7.40. The monoisotopic (exact) mass is 360 g/mol. The summed E-state index contributed by atoms with van der Waals surface area (Å²) in [6.07, 6.45) is 1.00. The Morgan fingerprint density at radius 1 is 1.00 bits per heavy atom. The second-order valence-electron chi connectivity index (χ2n) is 7.40. The van der Waals surface area contributed by atoms with Crippen molar-refractivity contribution in [3.8, 4) is 0 Å². The van der Waals surface area contributed by atoms with Gasteiger partial charge in [-0.25, -0.2) is 4.79 Å². The summed E-state index contributed by atoms with van der Waals surface area (Å²) < 4.78 is 3.36. The molecule has 0 aliphatic rings. The molecule has 0 bridgehead atoms. The van der Waals surface area contributed by atoms with Gasteiger partial charge < -0.3 is 10.6 Å². The number of carbonyl (C=O) groups excluding carboxylic acids is 2. The fourth-order valence-corrected chi connectivity index (χ4v) is 2.87. The van der Waals surface area contributed by atoms with Gasteiger partial charge in [-0.3, -0.25) is 18.7 Å². The molecule has 0 spiro atoms. The minimum Gasteiger partial charge on any atom is -0.350 e. The number of aryl methyl sites for hydroxylation is 2. The van der Waals surface area contributed by atoms with Crippen LogP contribution in [0.4, 0.5) is 0 Å². The number of nitrogens with zero attached hydrogens (tertiary/aromatic N) is 2. The van der Waals surface area contributed by atoms with Crippen LogP contribution >= 0.6 is 0 Å². The van der Waals surface area contributed by atoms with Gasteiger partial charge in [-0.15, -0.1) is 0 Å². The first-order chi connectivity index (χ1) is 12.2. The van der Waals surface area contributed by atoms with Crippen molar-refractivity contribution in [2.24, 2.45) is 0 Å². The van der Waals surface area contributed by atoms with Crippen LogP contribution in [0.1, 0.15) is 40.5 Å². The number of hydrogen-bond donors (Lipinski definition) is 2. The average molecular weight is 360 g/mol. The summed E-state index contributed by atoms with van der Waals surface area (Å²) in [4.78, 5) is 36.5. The van der Waals surface area contributed by atoms with E-state index in [2.05, 4.69) is 10.6 Å². The van der Waals surface area contributed by atoms with E-state index in [1.165, 1.54) is 0 Å². The van der Waals surface area contributed by atoms with Crippen molar-refractivity contribution >= 4 is 22.8 Å². The quantitative estimate of drug-likeness (QED) is 0.787. The fourth-order valence-electron chi connectivity index (χ4n) is 2.87. The molecule has 0 unspecified atom stereocenters. The highest BCUT2D eigenvalue weighted by atomic mass is 16.2. The van der Waals surface area contributed by atoms with Crippen LogP contribution in [0.3, 0.4) is 0 Å². The Kier molecular flexibility index (Phi) is 6.23. The first-order valence-electron chi connectivity index (χ1n) is 8.98. The number of benzene rings is 1. The third-order valence-corrected chi connectivity index (χ3v) is 3.90. The van der Waals surface area contributed by atoms with E-state index in [-0.39, 0.29) is 42.6 Å².